The highest BCUT2D eigenvalue weighted by atomic mass is 32.1. The molecule has 1 aliphatic carbocycles. The molecule has 2 aliphatic heterocycles. The minimum absolute atomic E-state index is 0.0131. The monoisotopic (exact) mass is 476 g/mol. The Morgan fingerprint density at radius 1 is 1.15 bits per heavy atom. The fraction of sp³-hybridized carbons (Fsp3) is 0.565. The predicted octanol–water partition coefficient (Wildman–Crippen LogP) is 1.54. The van der Waals surface area contributed by atoms with Gasteiger partial charge in [-0.1, -0.05) is 0 Å². The van der Waals surface area contributed by atoms with Crippen LogP contribution in [0.3, 0.4) is 0 Å². The molecular formula is C23H29FN4O4S. The van der Waals surface area contributed by atoms with Gasteiger partial charge in [-0.25, -0.2) is 4.39 Å². The Morgan fingerprint density at radius 2 is 1.85 bits per heavy atom. The van der Waals surface area contributed by atoms with Gasteiger partial charge in [0.1, 0.15) is 5.82 Å². The van der Waals surface area contributed by atoms with Crippen molar-refractivity contribution in [3.63, 3.8) is 0 Å². The number of methoxy groups -OCH3 is 1. The molecule has 4 rings (SSSR count). The molecule has 0 bridgehead atoms. The molecular weight excluding hydrogens is 447 g/mol. The minimum Gasteiger partial charge on any atom is -0.469 e. The van der Waals surface area contributed by atoms with E-state index >= 15 is 0 Å². The van der Waals surface area contributed by atoms with Crippen LogP contribution in [0.5, 0.6) is 0 Å². The van der Waals surface area contributed by atoms with Gasteiger partial charge in [-0.3, -0.25) is 19.3 Å². The van der Waals surface area contributed by atoms with Gasteiger partial charge < -0.3 is 19.9 Å². The molecule has 8 nitrogen and oxygen atoms in total. The molecule has 3 fully saturated rings. The van der Waals surface area contributed by atoms with Crippen LogP contribution in [-0.2, 0) is 19.1 Å². The highest BCUT2D eigenvalue weighted by Gasteiger charge is 2.44. The number of halogens is 1. The molecule has 33 heavy (non-hydrogen) atoms. The van der Waals surface area contributed by atoms with E-state index in [2.05, 4.69) is 10.2 Å². The zero-order valence-electron chi connectivity index (χ0n) is 18.7. The highest BCUT2D eigenvalue weighted by molar-refractivity contribution is 7.80. The first-order valence-corrected chi connectivity index (χ1v) is 11.8. The number of amides is 2. The van der Waals surface area contributed by atoms with Crippen molar-refractivity contribution < 1.29 is 23.5 Å². The van der Waals surface area contributed by atoms with Crippen LogP contribution < -0.4 is 10.2 Å². The van der Waals surface area contributed by atoms with Gasteiger partial charge in [-0.15, -0.1) is 0 Å². The van der Waals surface area contributed by atoms with E-state index in [1.54, 1.807) is 17.0 Å². The average Bonchev–Trinajstić information content (AvgIpc) is 2.83. The van der Waals surface area contributed by atoms with Gasteiger partial charge in [0.2, 0.25) is 11.8 Å². The van der Waals surface area contributed by atoms with E-state index < -0.39 is 0 Å². The van der Waals surface area contributed by atoms with E-state index in [0.29, 0.717) is 50.6 Å². The third-order valence-electron chi connectivity index (χ3n) is 6.90. The van der Waals surface area contributed by atoms with Gasteiger partial charge in [0.05, 0.1) is 18.9 Å². The topological polar surface area (TPSA) is 82.2 Å². The van der Waals surface area contributed by atoms with E-state index in [1.165, 1.54) is 24.1 Å². The normalized spacial score (nSPS) is 25.4. The van der Waals surface area contributed by atoms with Crippen molar-refractivity contribution in [2.24, 2.45) is 11.8 Å². The lowest BCUT2D eigenvalue weighted by atomic mass is 9.76. The second kappa shape index (κ2) is 10.0. The van der Waals surface area contributed by atoms with Gasteiger partial charge in [0.15, 0.2) is 5.11 Å². The lowest BCUT2D eigenvalue weighted by Gasteiger charge is -2.43. The van der Waals surface area contributed by atoms with Gasteiger partial charge >= 0.3 is 5.97 Å². The van der Waals surface area contributed by atoms with E-state index in [-0.39, 0.29) is 54.4 Å². The number of anilines is 1. The molecule has 178 valence electrons. The predicted molar refractivity (Wildman–Crippen MR) is 124 cm³/mol. The number of carbonyl (C=O) groups excluding carboxylic acids is 3. The zero-order chi connectivity index (χ0) is 23.5. The SMILES string of the molecule is COC(=O)C1CCC2C(=O)N(CCC(=O)N3CCN(c4ccc(F)cc4)CC3)C(=S)NC2C1. The average molecular weight is 477 g/mol. The first-order valence-electron chi connectivity index (χ1n) is 11.4. The van der Waals surface area contributed by atoms with Gasteiger partial charge in [0, 0.05) is 50.9 Å². The Hall–Kier alpha value is -2.75. The molecule has 2 heterocycles. The summed E-state index contributed by atoms with van der Waals surface area (Å²) in [5.74, 6) is -1.06. The number of ether oxygens (including phenoxy) is 1. The van der Waals surface area contributed by atoms with Gasteiger partial charge in [-0.05, 0) is 55.7 Å². The molecule has 0 aromatic heterocycles. The maximum absolute atomic E-state index is 13.1. The molecule has 2 saturated heterocycles. The molecule has 1 aromatic rings. The fourth-order valence-electron chi connectivity index (χ4n) is 4.99. The molecule has 1 N–H and O–H groups in total. The minimum atomic E-state index is -0.268. The van der Waals surface area contributed by atoms with Crippen LogP contribution in [0.1, 0.15) is 25.7 Å². The largest absolute Gasteiger partial charge is 0.469 e. The number of esters is 1. The number of rotatable bonds is 5. The Labute approximate surface area is 198 Å². The lowest BCUT2D eigenvalue weighted by Crippen LogP contribution is -2.62. The van der Waals surface area contributed by atoms with Crippen molar-refractivity contribution in [3.05, 3.63) is 30.1 Å². The van der Waals surface area contributed by atoms with Crippen LogP contribution in [0.15, 0.2) is 24.3 Å². The summed E-state index contributed by atoms with van der Waals surface area (Å²) in [7, 11) is 1.37. The first kappa shape index (κ1) is 23.4. The second-order valence-corrected chi connectivity index (χ2v) is 9.17. The molecule has 10 heteroatoms. The Bertz CT molecular complexity index is 920. The van der Waals surface area contributed by atoms with E-state index in [1.807, 2.05) is 0 Å². The molecule has 1 saturated carbocycles. The number of hydrogen-bond donors (Lipinski definition) is 1. The van der Waals surface area contributed by atoms with Crippen molar-refractivity contribution in [2.45, 2.75) is 31.7 Å². The van der Waals surface area contributed by atoms with Crippen molar-refractivity contribution >= 4 is 40.8 Å². The number of piperazine rings is 1. The lowest BCUT2D eigenvalue weighted by molar-refractivity contribution is -0.149. The fourth-order valence-corrected chi connectivity index (χ4v) is 5.32. The van der Waals surface area contributed by atoms with Crippen LogP contribution in [0.2, 0.25) is 0 Å². The quantitative estimate of drug-likeness (QED) is 0.510. The summed E-state index contributed by atoms with van der Waals surface area (Å²) in [6, 6.07) is 6.19. The third kappa shape index (κ3) is 5.10. The Balaban J connectivity index is 1.27. The third-order valence-corrected chi connectivity index (χ3v) is 7.23. The molecule has 2 amide bonds. The Kier molecular flexibility index (Phi) is 7.11. The summed E-state index contributed by atoms with van der Waals surface area (Å²) in [6.45, 7) is 2.74. The van der Waals surface area contributed by atoms with Crippen molar-refractivity contribution in [1.29, 1.82) is 0 Å². The van der Waals surface area contributed by atoms with Crippen LogP contribution in [0.25, 0.3) is 0 Å². The molecule has 3 unspecified atom stereocenters. The van der Waals surface area contributed by atoms with Crippen molar-refractivity contribution in [3.8, 4) is 0 Å². The second-order valence-electron chi connectivity index (χ2n) is 8.78. The summed E-state index contributed by atoms with van der Waals surface area (Å²) in [5, 5.41) is 3.53. The van der Waals surface area contributed by atoms with Crippen LogP contribution >= 0.6 is 12.2 Å². The van der Waals surface area contributed by atoms with E-state index in [0.717, 1.165) is 5.69 Å². The summed E-state index contributed by atoms with van der Waals surface area (Å²) in [4.78, 5) is 43.1. The Morgan fingerprint density at radius 3 is 2.52 bits per heavy atom. The van der Waals surface area contributed by atoms with E-state index in [4.69, 9.17) is 17.0 Å². The molecule has 3 aliphatic rings. The molecule has 1 aromatic carbocycles. The summed E-state index contributed by atoms with van der Waals surface area (Å²) < 4.78 is 18.0. The van der Waals surface area contributed by atoms with E-state index in [9.17, 15) is 18.8 Å². The summed E-state index contributed by atoms with van der Waals surface area (Å²) >= 11 is 5.41. The summed E-state index contributed by atoms with van der Waals surface area (Å²) in [5.41, 5.74) is 0.940. The molecule has 3 atom stereocenters. The maximum Gasteiger partial charge on any atom is 0.308 e. The number of nitrogens with one attached hydrogen (secondary N) is 1. The van der Waals surface area contributed by atoms with Crippen molar-refractivity contribution in [2.75, 3.05) is 44.7 Å². The molecule has 0 spiro atoms. The smallest absolute Gasteiger partial charge is 0.308 e. The number of hydrogen-bond acceptors (Lipinski definition) is 6. The maximum atomic E-state index is 13.1. The van der Waals surface area contributed by atoms with Crippen molar-refractivity contribution in [1.82, 2.24) is 15.1 Å². The zero-order valence-corrected chi connectivity index (χ0v) is 19.5. The number of nitrogens with zero attached hydrogens (tertiary/aromatic N) is 3. The van der Waals surface area contributed by atoms with Crippen LogP contribution in [0.4, 0.5) is 10.1 Å². The molecule has 0 radical (unpaired) electrons. The number of carbonyl (C=O) groups is 3. The van der Waals surface area contributed by atoms with Crippen LogP contribution in [-0.4, -0.2) is 78.6 Å². The number of benzene rings is 1. The van der Waals surface area contributed by atoms with Gasteiger partial charge in [-0.2, -0.15) is 0 Å². The standard InChI is InChI=1S/C23H29FN4O4S/c1-32-22(31)15-2-7-18-19(14-15)25-23(33)28(21(18)30)9-8-20(29)27-12-10-26(11-13-27)17-5-3-16(24)4-6-17/h3-6,15,18-19H,2,7-14H2,1H3,(H,25,33). The number of fused-ring (bicyclic) bond motifs is 1. The summed E-state index contributed by atoms with van der Waals surface area (Å²) in [6.07, 6.45) is 1.93. The number of thiocarbonyl (C=S) groups is 1. The van der Waals surface area contributed by atoms with Crippen LogP contribution in [0, 0.1) is 17.7 Å². The first-order chi connectivity index (χ1) is 15.9. The highest BCUT2D eigenvalue weighted by Crippen LogP contribution is 2.33. The van der Waals surface area contributed by atoms with Gasteiger partial charge in [0.25, 0.3) is 0 Å².